The van der Waals surface area contributed by atoms with E-state index in [-0.39, 0.29) is 12.5 Å². The van der Waals surface area contributed by atoms with E-state index in [1.165, 1.54) is 18.0 Å². The third kappa shape index (κ3) is 5.50. The van der Waals surface area contributed by atoms with E-state index in [9.17, 15) is 4.79 Å². The number of furan rings is 1. The molecule has 2 heterocycles. The van der Waals surface area contributed by atoms with Gasteiger partial charge >= 0.3 is 0 Å². The van der Waals surface area contributed by atoms with Crippen molar-refractivity contribution in [2.24, 2.45) is 10.2 Å². The lowest BCUT2D eigenvalue weighted by Crippen LogP contribution is -2.28. The largest absolute Gasteiger partial charge is 0.467 e. The van der Waals surface area contributed by atoms with Crippen molar-refractivity contribution in [3.8, 4) is 0 Å². The quantitative estimate of drug-likeness (QED) is 0.232. The Morgan fingerprint density at radius 2 is 1.88 bits per heavy atom. The van der Waals surface area contributed by atoms with Gasteiger partial charge in [0, 0.05) is 25.3 Å². The van der Waals surface area contributed by atoms with Crippen molar-refractivity contribution < 1.29 is 9.21 Å². The Balaban J connectivity index is 1.62. The van der Waals surface area contributed by atoms with Crippen molar-refractivity contribution in [1.82, 2.24) is 4.90 Å². The Morgan fingerprint density at radius 1 is 1.09 bits per heavy atom. The summed E-state index contributed by atoms with van der Waals surface area (Å²) in [6.45, 7) is 0.252. The van der Waals surface area contributed by atoms with Gasteiger partial charge in [-0.05, 0) is 53.7 Å². The van der Waals surface area contributed by atoms with Crippen LogP contribution in [0.2, 0.25) is 10.0 Å². The predicted octanol–water partition coefficient (Wildman–Crippen LogP) is 6.16. The normalized spacial score (nSPS) is 16.5. The standard InChI is InChI=1S/C24H20Cl2N4O2S/c1-29(2)18-10-8-16(9-11-18)13-21-23(31)30(15-19-6-4-12-32-19)24(33-21)28-27-14-17-5-3-7-20(25)22(17)26/h3-14H,15H2,1-2H3/b21-13-,27-14-,28-24+. The zero-order chi connectivity index (χ0) is 23.4. The second-order valence-electron chi connectivity index (χ2n) is 7.34. The van der Waals surface area contributed by atoms with E-state index in [2.05, 4.69) is 10.2 Å². The molecular formula is C24H20Cl2N4O2S. The average Bonchev–Trinajstić information content (AvgIpc) is 3.41. The van der Waals surface area contributed by atoms with Crippen molar-refractivity contribution in [3.63, 3.8) is 0 Å². The number of benzene rings is 2. The second kappa shape index (κ2) is 10.3. The molecule has 4 rings (SSSR count). The number of hydrogen-bond donors (Lipinski definition) is 0. The van der Waals surface area contributed by atoms with Gasteiger partial charge in [0.1, 0.15) is 5.76 Å². The monoisotopic (exact) mass is 498 g/mol. The average molecular weight is 499 g/mol. The summed E-state index contributed by atoms with van der Waals surface area (Å²) in [5, 5.41) is 9.72. The summed E-state index contributed by atoms with van der Waals surface area (Å²) >= 11 is 13.5. The van der Waals surface area contributed by atoms with Crippen LogP contribution >= 0.6 is 35.0 Å². The summed E-state index contributed by atoms with van der Waals surface area (Å²) in [5.41, 5.74) is 2.64. The maximum atomic E-state index is 13.2. The minimum atomic E-state index is -0.164. The van der Waals surface area contributed by atoms with Crippen LogP contribution in [0.1, 0.15) is 16.9 Å². The molecule has 33 heavy (non-hydrogen) atoms. The molecule has 3 aromatic rings. The Morgan fingerprint density at radius 3 is 2.58 bits per heavy atom. The maximum absolute atomic E-state index is 13.2. The summed E-state index contributed by atoms with van der Waals surface area (Å²) in [5.74, 6) is 0.484. The van der Waals surface area contributed by atoms with Gasteiger partial charge < -0.3 is 9.32 Å². The van der Waals surface area contributed by atoms with Crippen LogP contribution in [-0.4, -0.2) is 36.3 Å². The fourth-order valence-corrected chi connectivity index (χ4v) is 4.35. The Bertz CT molecular complexity index is 1240. The first kappa shape index (κ1) is 23.2. The summed E-state index contributed by atoms with van der Waals surface area (Å²) < 4.78 is 5.43. The van der Waals surface area contributed by atoms with Gasteiger partial charge in [-0.3, -0.25) is 9.69 Å². The lowest BCUT2D eigenvalue weighted by atomic mass is 10.2. The molecule has 0 aliphatic carbocycles. The number of carbonyl (C=O) groups excluding carboxylic acids is 1. The van der Waals surface area contributed by atoms with E-state index < -0.39 is 0 Å². The van der Waals surface area contributed by atoms with E-state index in [4.69, 9.17) is 27.6 Å². The van der Waals surface area contributed by atoms with Crippen molar-refractivity contribution in [2.45, 2.75) is 6.54 Å². The van der Waals surface area contributed by atoms with E-state index in [1.807, 2.05) is 55.4 Å². The second-order valence-corrected chi connectivity index (χ2v) is 9.13. The smallest absolute Gasteiger partial charge is 0.267 e. The first-order chi connectivity index (χ1) is 15.9. The molecule has 1 aromatic heterocycles. The topological polar surface area (TPSA) is 61.4 Å². The molecule has 0 saturated carbocycles. The summed E-state index contributed by atoms with van der Waals surface area (Å²) in [7, 11) is 3.96. The number of amidine groups is 1. The van der Waals surface area contributed by atoms with Gasteiger partial charge in [0.2, 0.25) is 0 Å². The minimum Gasteiger partial charge on any atom is -0.467 e. The molecule has 1 amide bonds. The minimum absolute atomic E-state index is 0.164. The SMILES string of the molecule is CN(C)c1ccc(/C=C2\S/C(=N/N=C\c3cccc(Cl)c3Cl)N(Cc3ccco3)C2=O)cc1. The van der Waals surface area contributed by atoms with Gasteiger partial charge in [-0.15, -0.1) is 5.10 Å². The molecule has 0 atom stereocenters. The van der Waals surface area contributed by atoms with Crippen LogP contribution in [0.4, 0.5) is 5.69 Å². The highest BCUT2D eigenvalue weighted by Gasteiger charge is 2.34. The molecule has 168 valence electrons. The number of thioether (sulfide) groups is 1. The zero-order valence-electron chi connectivity index (χ0n) is 17.9. The van der Waals surface area contributed by atoms with Gasteiger partial charge in [-0.1, -0.05) is 47.5 Å². The van der Waals surface area contributed by atoms with Crippen molar-refractivity contribution >= 4 is 64.0 Å². The van der Waals surface area contributed by atoms with Gasteiger partial charge in [0.05, 0.1) is 34.0 Å². The fraction of sp³-hybridized carbons (Fsp3) is 0.125. The Hall–Kier alpha value is -3.00. The van der Waals surface area contributed by atoms with Crippen LogP contribution in [0, 0.1) is 0 Å². The third-order valence-corrected chi connectivity index (χ3v) is 6.64. The molecule has 1 saturated heterocycles. The summed E-state index contributed by atoms with van der Waals surface area (Å²) in [6, 6.07) is 16.8. The fourth-order valence-electron chi connectivity index (χ4n) is 3.06. The van der Waals surface area contributed by atoms with Crippen LogP contribution in [0.15, 0.2) is 80.4 Å². The van der Waals surface area contributed by atoms with Crippen LogP contribution in [0.25, 0.3) is 6.08 Å². The number of hydrogen-bond acceptors (Lipinski definition) is 6. The summed E-state index contributed by atoms with van der Waals surface area (Å²) in [6.07, 6.45) is 4.93. The molecule has 0 radical (unpaired) electrons. The molecule has 0 spiro atoms. The molecule has 2 aromatic carbocycles. The van der Waals surface area contributed by atoms with Crippen LogP contribution < -0.4 is 4.90 Å². The molecule has 9 heteroatoms. The molecule has 1 aliphatic heterocycles. The molecule has 0 bridgehead atoms. The number of amides is 1. The van der Waals surface area contributed by atoms with E-state index in [1.54, 1.807) is 35.4 Å². The molecule has 0 unspecified atom stereocenters. The highest BCUT2D eigenvalue weighted by Crippen LogP contribution is 2.34. The number of rotatable bonds is 6. The molecule has 0 N–H and O–H groups in total. The number of halogens is 2. The third-order valence-electron chi connectivity index (χ3n) is 4.81. The van der Waals surface area contributed by atoms with Gasteiger partial charge in [-0.25, -0.2) is 0 Å². The molecule has 6 nitrogen and oxygen atoms in total. The Labute approximate surface area is 206 Å². The van der Waals surface area contributed by atoms with E-state index in [0.29, 0.717) is 31.4 Å². The maximum Gasteiger partial charge on any atom is 0.267 e. The molecule has 1 aliphatic rings. The number of anilines is 1. The lowest BCUT2D eigenvalue weighted by Gasteiger charge is -2.12. The van der Waals surface area contributed by atoms with Crippen LogP contribution in [0.5, 0.6) is 0 Å². The molecule has 1 fully saturated rings. The first-order valence-electron chi connectivity index (χ1n) is 9.98. The first-order valence-corrected chi connectivity index (χ1v) is 11.6. The van der Waals surface area contributed by atoms with Crippen LogP contribution in [-0.2, 0) is 11.3 Å². The number of carbonyl (C=O) groups is 1. The highest BCUT2D eigenvalue weighted by atomic mass is 35.5. The molecular weight excluding hydrogens is 479 g/mol. The highest BCUT2D eigenvalue weighted by molar-refractivity contribution is 8.18. The zero-order valence-corrected chi connectivity index (χ0v) is 20.2. The van der Waals surface area contributed by atoms with E-state index >= 15 is 0 Å². The van der Waals surface area contributed by atoms with Gasteiger partial charge in [0.25, 0.3) is 5.91 Å². The van der Waals surface area contributed by atoms with Gasteiger partial charge in [-0.2, -0.15) is 5.10 Å². The van der Waals surface area contributed by atoms with Crippen molar-refractivity contribution in [1.29, 1.82) is 0 Å². The van der Waals surface area contributed by atoms with E-state index in [0.717, 1.165) is 11.3 Å². The van der Waals surface area contributed by atoms with Crippen molar-refractivity contribution in [2.75, 3.05) is 19.0 Å². The lowest BCUT2D eigenvalue weighted by molar-refractivity contribution is -0.122. The number of nitrogens with zero attached hydrogens (tertiary/aromatic N) is 4. The van der Waals surface area contributed by atoms with Crippen LogP contribution in [0.3, 0.4) is 0 Å². The van der Waals surface area contributed by atoms with Gasteiger partial charge in [0.15, 0.2) is 5.17 Å². The Kier molecular flexibility index (Phi) is 7.23. The predicted molar refractivity (Wildman–Crippen MR) is 137 cm³/mol. The van der Waals surface area contributed by atoms with Crippen molar-refractivity contribution in [3.05, 3.63) is 92.7 Å². The summed E-state index contributed by atoms with van der Waals surface area (Å²) in [4.78, 5) is 17.3.